The SMILES string of the molecule is Cc1cccn2nc([C@H]3c4nc[nH]c4CCN3C(=O)c3nnc(C4(C)CC4)o3)cc12. The first-order valence-electron chi connectivity index (χ1n) is 10.2. The van der Waals surface area contributed by atoms with Crippen molar-refractivity contribution in [2.75, 3.05) is 6.54 Å². The largest absolute Gasteiger partial charge is 0.416 e. The molecule has 4 aromatic heterocycles. The zero-order valence-corrected chi connectivity index (χ0v) is 16.8. The van der Waals surface area contributed by atoms with Crippen LogP contribution in [0.5, 0.6) is 0 Å². The van der Waals surface area contributed by atoms with Gasteiger partial charge < -0.3 is 14.3 Å². The number of pyridine rings is 1. The fourth-order valence-electron chi connectivity index (χ4n) is 4.18. The third kappa shape index (κ3) is 2.51. The van der Waals surface area contributed by atoms with Crippen LogP contribution >= 0.6 is 0 Å². The summed E-state index contributed by atoms with van der Waals surface area (Å²) in [5.41, 5.74) is 4.63. The molecule has 0 saturated heterocycles. The fraction of sp³-hybridized carbons (Fsp3) is 0.381. The van der Waals surface area contributed by atoms with Crippen LogP contribution < -0.4 is 0 Å². The zero-order valence-electron chi connectivity index (χ0n) is 16.8. The summed E-state index contributed by atoms with van der Waals surface area (Å²) in [5.74, 6) is 0.288. The summed E-state index contributed by atoms with van der Waals surface area (Å²) >= 11 is 0. The van der Waals surface area contributed by atoms with Crippen molar-refractivity contribution in [1.82, 2.24) is 34.7 Å². The molecule has 0 radical (unpaired) electrons. The molecule has 1 fully saturated rings. The lowest BCUT2D eigenvalue weighted by molar-refractivity contribution is 0.0643. The number of nitrogens with zero attached hydrogens (tertiary/aromatic N) is 6. The van der Waals surface area contributed by atoms with Crippen molar-refractivity contribution >= 4 is 11.4 Å². The van der Waals surface area contributed by atoms with Gasteiger partial charge in [-0.25, -0.2) is 9.50 Å². The molecule has 9 heteroatoms. The number of carbonyl (C=O) groups is 1. The number of aryl methyl sites for hydroxylation is 1. The second-order valence-electron chi connectivity index (χ2n) is 8.48. The normalized spacial score (nSPS) is 19.8. The molecule has 9 nitrogen and oxygen atoms in total. The molecular formula is C21H21N7O2. The Kier molecular flexibility index (Phi) is 3.48. The monoisotopic (exact) mass is 403 g/mol. The van der Waals surface area contributed by atoms with Crippen LogP contribution in [0, 0.1) is 6.92 Å². The van der Waals surface area contributed by atoms with E-state index >= 15 is 0 Å². The lowest BCUT2D eigenvalue weighted by Gasteiger charge is -2.32. The molecular weight excluding hydrogens is 382 g/mol. The van der Waals surface area contributed by atoms with Gasteiger partial charge in [-0.2, -0.15) is 5.10 Å². The number of aromatic amines is 1. The number of carbonyl (C=O) groups excluding carboxylic acids is 1. The van der Waals surface area contributed by atoms with Crippen LogP contribution in [0.1, 0.15) is 65.0 Å². The van der Waals surface area contributed by atoms with E-state index in [1.165, 1.54) is 0 Å². The van der Waals surface area contributed by atoms with Crippen molar-refractivity contribution in [1.29, 1.82) is 0 Å². The Balaban J connectivity index is 1.43. The third-order valence-electron chi connectivity index (χ3n) is 6.32. The highest BCUT2D eigenvalue weighted by molar-refractivity contribution is 5.90. The van der Waals surface area contributed by atoms with Gasteiger partial charge in [0, 0.05) is 30.3 Å². The molecule has 0 bridgehead atoms. The van der Waals surface area contributed by atoms with E-state index in [1.807, 2.05) is 35.8 Å². The Labute approximate surface area is 172 Å². The van der Waals surface area contributed by atoms with Gasteiger partial charge in [0.1, 0.15) is 6.04 Å². The maximum absolute atomic E-state index is 13.4. The van der Waals surface area contributed by atoms with E-state index in [9.17, 15) is 4.79 Å². The number of H-pyrrole nitrogens is 1. The van der Waals surface area contributed by atoms with Crippen LogP contribution in [0.2, 0.25) is 0 Å². The van der Waals surface area contributed by atoms with E-state index in [2.05, 4.69) is 27.1 Å². The topological polar surface area (TPSA) is 105 Å². The van der Waals surface area contributed by atoms with Crippen LogP contribution in [0.15, 0.2) is 35.1 Å². The molecule has 152 valence electrons. The Morgan fingerprint density at radius 2 is 2.20 bits per heavy atom. The fourth-order valence-corrected chi connectivity index (χ4v) is 4.18. The molecule has 1 atom stereocenters. The van der Waals surface area contributed by atoms with Crippen molar-refractivity contribution < 1.29 is 9.21 Å². The number of imidazole rings is 1. The number of amides is 1. The molecule has 1 saturated carbocycles. The van der Waals surface area contributed by atoms with E-state index in [0.717, 1.165) is 41.0 Å². The Morgan fingerprint density at radius 3 is 3.00 bits per heavy atom. The summed E-state index contributed by atoms with van der Waals surface area (Å²) in [6.07, 6.45) is 6.28. The zero-order chi connectivity index (χ0) is 20.5. The predicted octanol–water partition coefficient (Wildman–Crippen LogP) is 2.59. The van der Waals surface area contributed by atoms with Gasteiger partial charge in [0.25, 0.3) is 0 Å². The Morgan fingerprint density at radius 1 is 1.33 bits per heavy atom. The van der Waals surface area contributed by atoms with Crippen molar-refractivity contribution in [3.05, 3.63) is 65.1 Å². The summed E-state index contributed by atoms with van der Waals surface area (Å²) in [7, 11) is 0. The lowest BCUT2D eigenvalue weighted by atomic mass is 9.99. The summed E-state index contributed by atoms with van der Waals surface area (Å²) in [4.78, 5) is 22.9. The summed E-state index contributed by atoms with van der Waals surface area (Å²) in [6, 6.07) is 5.61. The second kappa shape index (κ2) is 6.01. The molecule has 1 amide bonds. The van der Waals surface area contributed by atoms with Crippen molar-refractivity contribution in [3.63, 3.8) is 0 Å². The maximum atomic E-state index is 13.4. The first-order valence-corrected chi connectivity index (χ1v) is 10.2. The molecule has 1 N–H and O–H groups in total. The highest BCUT2D eigenvalue weighted by atomic mass is 16.4. The van der Waals surface area contributed by atoms with Crippen LogP contribution in [-0.4, -0.2) is 47.1 Å². The van der Waals surface area contributed by atoms with Gasteiger partial charge in [-0.3, -0.25) is 4.79 Å². The van der Waals surface area contributed by atoms with Gasteiger partial charge in [0.05, 0.1) is 23.2 Å². The number of fused-ring (bicyclic) bond motifs is 2. The standard InChI is InChI=1S/C21H21N7O2/c1-12-4-3-8-28-15(12)10-14(26-28)17-16-13(22-11-23-16)5-9-27(17)19(29)18-24-25-20(30-18)21(2)6-7-21/h3-4,8,10-11,17H,5-7,9H2,1-2H3,(H,22,23)/t17-/m0/s1. The van der Waals surface area contributed by atoms with E-state index in [0.29, 0.717) is 18.9 Å². The summed E-state index contributed by atoms with van der Waals surface area (Å²) in [5, 5.41) is 13.0. The molecule has 5 heterocycles. The smallest absolute Gasteiger partial charge is 0.312 e. The van der Waals surface area contributed by atoms with Crippen LogP contribution in [-0.2, 0) is 11.8 Å². The number of hydrogen-bond acceptors (Lipinski definition) is 6. The molecule has 30 heavy (non-hydrogen) atoms. The second-order valence-corrected chi connectivity index (χ2v) is 8.48. The number of hydrogen-bond donors (Lipinski definition) is 1. The summed E-state index contributed by atoms with van der Waals surface area (Å²) in [6.45, 7) is 4.64. The average Bonchev–Trinajstić information content (AvgIpc) is 3.21. The van der Waals surface area contributed by atoms with Crippen LogP contribution in [0.25, 0.3) is 5.52 Å². The van der Waals surface area contributed by atoms with Crippen molar-refractivity contribution in [2.24, 2.45) is 0 Å². The van der Waals surface area contributed by atoms with E-state index in [1.54, 1.807) is 11.2 Å². The van der Waals surface area contributed by atoms with Gasteiger partial charge in [-0.05, 0) is 37.5 Å². The van der Waals surface area contributed by atoms with E-state index in [4.69, 9.17) is 9.52 Å². The molecule has 1 aliphatic carbocycles. The first-order chi connectivity index (χ1) is 14.5. The van der Waals surface area contributed by atoms with Gasteiger partial charge >= 0.3 is 11.8 Å². The van der Waals surface area contributed by atoms with Crippen molar-refractivity contribution in [3.8, 4) is 0 Å². The molecule has 4 aromatic rings. The van der Waals surface area contributed by atoms with Gasteiger partial charge in [0.15, 0.2) is 0 Å². The molecule has 1 aliphatic heterocycles. The number of nitrogens with one attached hydrogen (secondary N) is 1. The molecule has 6 rings (SSSR count). The van der Waals surface area contributed by atoms with Crippen LogP contribution in [0.3, 0.4) is 0 Å². The predicted molar refractivity (Wildman–Crippen MR) is 106 cm³/mol. The van der Waals surface area contributed by atoms with Gasteiger partial charge in [-0.1, -0.05) is 13.0 Å². The Bertz CT molecular complexity index is 1280. The molecule has 0 unspecified atom stereocenters. The molecule has 0 aromatic carbocycles. The molecule has 0 spiro atoms. The minimum Gasteiger partial charge on any atom is -0.416 e. The quantitative estimate of drug-likeness (QED) is 0.564. The maximum Gasteiger partial charge on any atom is 0.312 e. The van der Waals surface area contributed by atoms with Crippen LogP contribution in [0.4, 0.5) is 0 Å². The van der Waals surface area contributed by atoms with Gasteiger partial charge in [0.2, 0.25) is 5.89 Å². The van der Waals surface area contributed by atoms with Crippen molar-refractivity contribution in [2.45, 2.75) is 44.6 Å². The average molecular weight is 403 g/mol. The highest BCUT2D eigenvalue weighted by Gasteiger charge is 2.45. The van der Waals surface area contributed by atoms with E-state index in [-0.39, 0.29) is 17.2 Å². The number of aromatic nitrogens is 6. The minimum absolute atomic E-state index is 0.0297. The Hall–Kier alpha value is -3.49. The molecule has 2 aliphatic rings. The van der Waals surface area contributed by atoms with E-state index < -0.39 is 6.04 Å². The lowest BCUT2D eigenvalue weighted by Crippen LogP contribution is -2.41. The third-order valence-corrected chi connectivity index (χ3v) is 6.32. The minimum atomic E-state index is -0.418. The number of rotatable bonds is 3. The highest BCUT2D eigenvalue weighted by Crippen LogP contribution is 2.47. The first kappa shape index (κ1) is 17.4. The summed E-state index contributed by atoms with van der Waals surface area (Å²) < 4.78 is 7.63. The van der Waals surface area contributed by atoms with Gasteiger partial charge in [-0.15, -0.1) is 10.2 Å².